The molecule has 0 bridgehead atoms. The third-order valence-electron chi connectivity index (χ3n) is 5.47. The lowest BCUT2D eigenvalue weighted by Gasteiger charge is -2.22. The van der Waals surface area contributed by atoms with Crippen molar-refractivity contribution in [3.8, 4) is 11.5 Å². The lowest BCUT2D eigenvalue weighted by atomic mass is 9.84. The summed E-state index contributed by atoms with van der Waals surface area (Å²) in [5.41, 5.74) is 0.813. The first kappa shape index (κ1) is 22.0. The maximum absolute atomic E-state index is 13.2. The van der Waals surface area contributed by atoms with Gasteiger partial charge in [-0.1, -0.05) is 43.0 Å². The summed E-state index contributed by atoms with van der Waals surface area (Å²) in [4.78, 5) is 4.77. The highest BCUT2D eigenvalue weighted by Gasteiger charge is 2.31. The summed E-state index contributed by atoms with van der Waals surface area (Å²) >= 11 is 7.11. The molecule has 1 aliphatic carbocycles. The molecule has 0 aliphatic heterocycles. The van der Waals surface area contributed by atoms with E-state index in [0.29, 0.717) is 28.4 Å². The second-order valence-electron chi connectivity index (χ2n) is 7.65. The van der Waals surface area contributed by atoms with Crippen molar-refractivity contribution >= 4 is 28.6 Å². The first-order chi connectivity index (χ1) is 14.9. The van der Waals surface area contributed by atoms with Crippen LogP contribution in [0, 0.1) is 0 Å². The number of hydrogen-bond donors (Lipinski definition) is 1. The number of rotatable bonds is 6. The summed E-state index contributed by atoms with van der Waals surface area (Å²) in [7, 11) is 0. The van der Waals surface area contributed by atoms with Crippen LogP contribution in [0.4, 0.5) is 18.9 Å². The van der Waals surface area contributed by atoms with Crippen molar-refractivity contribution in [1.29, 1.82) is 0 Å². The number of benzene rings is 2. The normalized spacial score (nSPS) is 15.1. The molecule has 0 radical (unpaired) electrons. The van der Waals surface area contributed by atoms with Gasteiger partial charge in [-0.3, -0.25) is 0 Å². The van der Waals surface area contributed by atoms with Gasteiger partial charge in [-0.05, 0) is 54.7 Å². The summed E-state index contributed by atoms with van der Waals surface area (Å²) in [6, 6.07) is 11.3. The molecule has 1 aromatic heterocycles. The molecule has 0 amide bonds. The topological polar surface area (TPSA) is 34.1 Å². The maximum atomic E-state index is 13.2. The van der Waals surface area contributed by atoms with Crippen LogP contribution in [-0.2, 0) is 12.7 Å². The Hall–Kier alpha value is -2.25. The van der Waals surface area contributed by atoms with Crippen LogP contribution in [0.3, 0.4) is 0 Å². The molecule has 8 heteroatoms. The van der Waals surface area contributed by atoms with Crippen LogP contribution in [0.25, 0.3) is 0 Å². The molecule has 1 fully saturated rings. The monoisotopic (exact) mass is 466 g/mol. The second kappa shape index (κ2) is 9.49. The van der Waals surface area contributed by atoms with Gasteiger partial charge in [-0.2, -0.15) is 13.2 Å². The van der Waals surface area contributed by atoms with Crippen LogP contribution in [0.5, 0.6) is 11.5 Å². The van der Waals surface area contributed by atoms with Gasteiger partial charge in [-0.25, -0.2) is 4.98 Å². The van der Waals surface area contributed by atoms with Gasteiger partial charge < -0.3 is 10.1 Å². The van der Waals surface area contributed by atoms with E-state index in [4.69, 9.17) is 16.3 Å². The molecule has 31 heavy (non-hydrogen) atoms. The number of hydrogen-bond acceptors (Lipinski definition) is 4. The molecular formula is C23H22ClF3N2OS. The summed E-state index contributed by atoms with van der Waals surface area (Å²) in [5, 5.41) is 3.03. The first-order valence-electron chi connectivity index (χ1n) is 10.2. The average Bonchev–Trinajstić information content (AvgIpc) is 3.18. The highest BCUT2D eigenvalue weighted by Crippen LogP contribution is 2.38. The predicted molar refractivity (Wildman–Crippen MR) is 118 cm³/mol. The van der Waals surface area contributed by atoms with E-state index in [-0.39, 0.29) is 5.69 Å². The van der Waals surface area contributed by atoms with Gasteiger partial charge in [0.15, 0.2) is 10.2 Å². The Kier molecular flexibility index (Phi) is 6.72. The highest BCUT2D eigenvalue weighted by atomic mass is 35.5. The Morgan fingerprint density at radius 3 is 2.45 bits per heavy atom. The third-order valence-corrected chi connectivity index (χ3v) is 6.58. The Morgan fingerprint density at radius 1 is 1.06 bits per heavy atom. The van der Waals surface area contributed by atoms with Crippen LogP contribution in [0.2, 0.25) is 4.47 Å². The molecule has 1 aliphatic rings. The third kappa shape index (κ3) is 5.71. The summed E-state index contributed by atoms with van der Waals surface area (Å²) < 4.78 is 46.0. The van der Waals surface area contributed by atoms with Gasteiger partial charge in [0, 0.05) is 11.1 Å². The quantitative estimate of drug-likeness (QED) is 0.397. The highest BCUT2D eigenvalue weighted by molar-refractivity contribution is 7.15. The van der Waals surface area contributed by atoms with Gasteiger partial charge in [0.2, 0.25) is 0 Å². The van der Waals surface area contributed by atoms with Crippen molar-refractivity contribution in [3.63, 3.8) is 0 Å². The van der Waals surface area contributed by atoms with Crippen LogP contribution < -0.4 is 10.1 Å². The molecule has 2 aromatic carbocycles. The van der Waals surface area contributed by atoms with Crippen LogP contribution in [0.15, 0.2) is 48.7 Å². The van der Waals surface area contributed by atoms with E-state index < -0.39 is 11.7 Å². The second-order valence-corrected chi connectivity index (χ2v) is 9.35. The number of halogens is 4. The summed E-state index contributed by atoms with van der Waals surface area (Å²) in [6.45, 7) is 0.294. The number of anilines is 1. The van der Waals surface area contributed by atoms with E-state index in [1.54, 1.807) is 6.20 Å². The van der Waals surface area contributed by atoms with Crippen LogP contribution in [0.1, 0.15) is 54.0 Å². The lowest BCUT2D eigenvalue weighted by Crippen LogP contribution is -2.07. The molecular weight excluding hydrogens is 445 g/mol. The number of nitrogens with one attached hydrogen (secondary N) is 1. The summed E-state index contributed by atoms with van der Waals surface area (Å²) in [6.07, 6.45) is 3.38. The largest absolute Gasteiger partial charge is 0.455 e. The van der Waals surface area contributed by atoms with Crippen molar-refractivity contribution in [1.82, 2.24) is 4.98 Å². The molecule has 3 aromatic rings. The van der Waals surface area contributed by atoms with Gasteiger partial charge >= 0.3 is 6.18 Å². The van der Waals surface area contributed by atoms with E-state index in [0.717, 1.165) is 17.0 Å². The van der Waals surface area contributed by atoms with Crippen molar-refractivity contribution in [2.24, 2.45) is 0 Å². The van der Waals surface area contributed by atoms with Crippen molar-refractivity contribution < 1.29 is 17.9 Å². The van der Waals surface area contributed by atoms with Gasteiger partial charge in [-0.15, -0.1) is 11.3 Å². The maximum Gasteiger partial charge on any atom is 0.416 e. The minimum atomic E-state index is -4.44. The molecule has 3 nitrogen and oxygen atoms in total. The fraction of sp³-hybridized carbons (Fsp3) is 0.348. The molecule has 164 valence electrons. The standard InChI is InChI=1S/C23H22ClF3N2OS/c24-22-29-14-19(31-22)13-28-20-12-17(23(25,26)27)8-11-21(20)30-18-9-6-16(7-10-18)15-4-2-1-3-5-15/h6-12,14-15,28H,1-5,13H2. The zero-order valence-corrected chi connectivity index (χ0v) is 18.3. The molecule has 1 saturated carbocycles. The number of thiazole rings is 1. The zero-order valence-electron chi connectivity index (χ0n) is 16.7. The van der Waals surface area contributed by atoms with Crippen molar-refractivity contribution in [2.75, 3.05) is 5.32 Å². The van der Waals surface area contributed by atoms with Crippen LogP contribution >= 0.6 is 22.9 Å². The molecule has 0 atom stereocenters. The fourth-order valence-electron chi connectivity index (χ4n) is 3.85. The molecule has 0 unspecified atom stereocenters. The first-order valence-corrected chi connectivity index (χ1v) is 11.4. The number of aromatic nitrogens is 1. The summed E-state index contributed by atoms with van der Waals surface area (Å²) in [5.74, 6) is 1.49. The van der Waals surface area contributed by atoms with E-state index in [9.17, 15) is 13.2 Å². The Balaban J connectivity index is 1.53. The van der Waals surface area contributed by atoms with E-state index in [2.05, 4.69) is 22.4 Å². The molecule has 1 heterocycles. The minimum absolute atomic E-state index is 0.260. The lowest BCUT2D eigenvalue weighted by molar-refractivity contribution is -0.137. The van der Waals surface area contributed by atoms with Gasteiger partial charge in [0.1, 0.15) is 5.75 Å². The predicted octanol–water partition coefficient (Wildman–Crippen LogP) is 8.27. The van der Waals surface area contributed by atoms with E-state index >= 15 is 0 Å². The molecule has 0 saturated heterocycles. The fourth-order valence-corrected chi connectivity index (χ4v) is 4.77. The number of nitrogens with zero attached hydrogens (tertiary/aromatic N) is 1. The van der Waals surface area contributed by atoms with Crippen molar-refractivity contribution in [2.45, 2.75) is 50.7 Å². The van der Waals surface area contributed by atoms with E-state index in [1.165, 1.54) is 55.1 Å². The molecule has 0 spiro atoms. The number of ether oxygens (including phenoxy) is 1. The average molecular weight is 467 g/mol. The van der Waals surface area contributed by atoms with Gasteiger partial charge in [0.25, 0.3) is 0 Å². The minimum Gasteiger partial charge on any atom is -0.455 e. The van der Waals surface area contributed by atoms with E-state index in [1.807, 2.05) is 12.1 Å². The van der Waals surface area contributed by atoms with Crippen molar-refractivity contribution in [3.05, 3.63) is 69.1 Å². The van der Waals surface area contributed by atoms with Crippen LogP contribution in [-0.4, -0.2) is 4.98 Å². The smallest absolute Gasteiger partial charge is 0.416 e. The molecule has 4 rings (SSSR count). The molecule has 1 N–H and O–H groups in total. The Labute approximate surface area is 188 Å². The van der Waals surface area contributed by atoms with Gasteiger partial charge in [0.05, 0.1) is 17.8 Å². The Morgan fingerprint density at radius 2 is 1.81 bits per heavy atom. The number of alkyl halides is 3. The Bertz CT molecular complexity index is 1010. The zero-order chi connectivity index (χ0) is 21.8. The SMILES string of the molecule is FC(F)(F)c1ccc(Oc2ccc(C3CCCCC3)cc2)c(NCc2cnc(Cl)s2)c1.